The van der Waals surface area contributed by atoms with Gasteiger partial charge in [0.15, 0.2) is 0 Å². The number of halogens is 1. The number of amides is 1. The maximum absolute atomic E-state index is 12.8. The summed E-state index contributed by atoms with van der Waals surface area (Å²) < 4.78 is 0. The van der Waals surface area contributed by atoms with Crippen molar-refractivity contribution in [3.8, 4) is 0 Å². The molecule has 2 aromatic carbocycles. The topological polar surface area (TPSA) is 29.1 Å². The summed E-state index contributed by atoms with van der Waals surface area (Å²) in [6, 6.07) is 16.6. The molecule has 6 rings (SSSR count). The van der Waals surface area contributed by atoms with E-state index < -0.39 is 0 Å². The molecule has 4 aliphatic rings. The fourth-order valence-corrected chi connectivity index (χ4v) is 7.13. The number of benzene rings is 2. The van der Waals surface area contributed by atoms with Crippen LogP contribution in [0.3, 0.4) is 0 Å². The van der Waals surface area contributed by atoms with Crippen LogP contribution in [0, 0.1) is 24.2 Å². The first-order chi connectivity index (χ1) is 13.5. The lowest BCUT2D eigenvalue weighted by atomic mass is 9.43. The van der Waals surface area contributed by atoms with Gasteiger partial charge < -0.3 is 5.32 Å². The Labute approximate surface area is 172 Å². The van der Waals surface area contributed by atoms with Crippen LogP contribution in [0.4, 0.5) is 0 Å². The number of aryl methyl sites for hydroxylation is 1. The van der Waals surface area contributed by atoms with E-state index in [-0.39, 0.29) is 11.3 Å². The van der Waals surface area contributed by atoms with E-state index in [2.05, 4.69) is 36.5 Å². The van der Waals surface area contributed by atoms with Crippen LogP contribution < -0.4 is 5.32 Å². The average Bonchev–Trinajstić information content (AvgIpc) is 2.66. The van der Waals surface area contributed by atoms with E-state index in [1.54, 1.807) is 6.07 Å². The first kappa shape index (κ1) is 18.2. The highest BCUT2D eigenvalue weighted by Crippen LogP contribution is 2.65. The van der Waals surface area contributed by atoms with E-state index in [0.717, 1.165) is 18.4 Å². The highest BCUT2D eigenvalue weighted by atomic mass is 35.5. The van der Waals surface area contributed by atoms with Crippen molar-refractivity contribution in [1.82, 2.24) is 5.32 Å². The van der Waals surface area contributed by atoms with Crippen LogP contribution in [0.15, 0.2) is 48.5 Å². The second-order valence-electron chi connectivity index (χ2n) is 9.77. The van der Waals surface area contributed by atoms with Gasteiger partial charge in [-0.15, -0.1) is 0 Å². The third-order valence-electron chi connectivity index (χ3n) is 7.59. The van der Waals surface area contributed by atoms with Gasteiger partial charge in [-0.2, -0.15) is 0 Å². The fourth-order valence-electron chi connectivity index (χ4n) is 6.91. The Hall–Kier alpha value is -1.80. The molecule has 4 bridgehead atoms. The van der Waals surface area contributed by atoms with E-state index in [1.807, 2.05) is 18.2 Å². The molecule has 2 aromatic rings. The first-order valence-electron chi connectivity index (χ1n) is 10.6. The van der Waals surface area contributed by atoms with Gasteiger partial charge in [0.1, 0.15) is 0 Å². The lowest BCUT2D eigenvalue weighted by Gasteiger charge is -2.62. The van der Waals surface area contributed by atoms with Crippen LogP contribution in [-0.4, -0.2) is 12.5 Å². The van der Waals surface area contributed by atoms with Gasteiger partial charge in [0.05, 0.1) is 10.6 Å². The molecular formula is C25H28ClNO. The first-order valence-corrected chi connectivity index (χ1v) is 10.9. The molecule has 0 radical (unpaired) electrons. The number of rotatable bonds is 4. The molecule has 0 heterocycles. The minimum absolute atomic E-state index is 0.0364. The SMILES string of the molecule is Cc1ccc(C23C[C@@H]4C[C@@H](CC(CNC(=O)c5ccccc5Cl)(C4)C2)C3)cc1. The second-order valence-corrected chi connectivity index (χ2v) is 10.2. The van der Waals surface area contributed by atoms with Crippen LogP contribution in [0.25, 0.3) is 0 Å². The van der Waals surface area contributed by atoms with Crippen molar-refractivity contribution in [2.75, 3.05) is 6.54 Å². The lowest BCUT2D eigenvalue weighted by molar-refractivity contribution is -0.0697. The summed E-state index contributed by atoms with van der Waals surface area (Å²) in [5.41, 5.74) is 3.99. The van der Waals surface area contributed by atoms with Gasteiger partial charge in [-0.3, -0.25) is 4.79 Å². The average molecular weight is 394 g/mol. The van der Waals surface area contributed by atoms with E-state index in [1.165, 1.54) is 49.7 Å². The normalized spacial score (nSPS) is 33.1. The lowest BCUT2D eigenvalue weighted by Crippen LogP contribution is -2.57. The zero-order chi connectivity index (χ0) is 19.4. The predicted molar refractivity (Wildman–Crippen MR) is 114 cm³/mol. The Kier molecular flexibility index (Phi) is 4.32. The van der Waals surface area contributed by atoms with Crippen LogP contribution in [0.5, 0.6) is 0 Å². The van der Waals surface area contributed by atoms with E-state index in [0.29, 0.717) is 16.0 Å². The third-order valence-corrected chi connectivity index (χ3v) is 7.92. The van der Waals surface area contributed by atoms with Gasteiger partial charge in [-0.1, -0.05) is 53.6 Å². The van der Waals surface area contributed by atoms with Crippen molar-refractivity contribution < 1.29 is 4.79 Å². The Morgan fingerprint density at radius 1 is 1.04 bits per heavy atom. The fraction of sp³-hybridized carbons (Fsp3) is 0.480. The summed E-state index contributed by atoms with van der Waals surface area (Å²) in [6.45, 7) is 2.94. The van der Waals surface area contributed by atoms with Crippen molar-refractivity contribution in [2.45, 2.75) is 50.9 Å². The van der Waals surface area contributed by atoms with Gasteiger partial charge in [-0.25, -0.2) is 0 Å². The standard InChI is InChI=1S/C25H28ClNO/c1-17-6-8-20(9-7-17)25-13-18-10-19(14-25)12-24(11-18,15-25)16-27-23(28)21-4-2-3-5-22(21)26/h2-9,18-19H,10-16H2,1H3,(H,27,28)/t18-,19+,24?,25?. The van der Waals surface area contributed by atoms with Crippen molar-refractivity contribution >= 4 is 17.5 Å². The van der Waals surface area contributed by atoms with Gasteiger partial charge >= 0.3 is 0 Å². The van der Waals surface area contributed by atoms with Crippen LogP contribution in [-0.2, 0) is 5.41 Å². The van der Waals surface area contributed by atoms with E-state index in [4.69, 9.17) is 11.6 Å². The van der Waals surface area contributed by atoms with Crippen LogP contribution in [0.2, 0.25) is 5.02 Å². The van der Waals surface area contributed by atoms with Crippen molar-refractivity contribution in [1.29, 1.82) is 0 Å². The number of nitrogens with one attached hydrogen (secondary N) is 1. The summed E-state index contributed by atoms with van der Waals surface area (Å²) in [6.07, 6.45) is 7.77. The number of hydrogen-bond acceptors (Lipinski definition) is 1. The molecule has 28 heavy (non-hydrogen) atoms. The molecule has 4 fully saturated rings. The van der Waals surface area contributed by atoms with Crippen molar-refractivity contribution in [3.63, 3.8) is 0 Å². The molecule has 4 saturated carbocycles. The third kappa shape index (κ3) is 3.06. The van der Waals surface area contributed by atoms with Crippen molar-refractivity contribution in [2.24, 2.45) is 17.3 Å². The molecule has 4 atom stereocenters. The quantitative estimate of drug-likeness (QED) is 0.686. The smallest absolute Gasteiger partial charge is 0.252 e. The minimum atomic E-state index is -0.0364. The monoisotopic (exact) mass is 393 g/mol. The number of hydrogen-bond donors (Lipinski definition) is 1. The van der Waals surface area contributed by atoms with Crippen LogP contribution >= 0.6 is 11.6 Å². The largest absolute Gasteiger partial charge is 0.351 e. The molecule has 1 N–H and O–H groups in total. The summed E-state index contributed by atoms with van der Waals surface area (Å²) in [4.78, 5) is 12.8. The molecule has 2 nitrogen and oxygen atoms in total. The molecule has 3 heteroatoms. The molecule has 1 amide bonds. The summed E-state index contributed by atoms with van der Waals surface area (Å²) in [5.74, 6) is 1.57. The Bertz CT molecular complexity index is 889. The zero-order valence-electron chi connectivity index (χ0n) is 16.5. The molecule has 0 saturated heterocycles. The highest BCUT2D eigenvalue weighted by Gasteiger charge is 2.58. The summed E-state index contributed by atoms with van der Waals surface area (Å²) in [7, 11) is 0. The van der Waals surface area contributed by atoms with Gasteiger partial charge in [0.2, 0.25) is 0 Å². The molecule has 2 unspecified atom stereocenters. The Morgan fingerprint density at radius 2 is 1.71 bits per heavy atom. The van der Waals surface area contributed by atoms with E-state index in [9.17, 15) is 4.79 Å². The molecule has 146 valence electrons. The van der Waals surface area contributed by atoms with Crippen molar-refractivity contribution in [3.05, 3.63) is 70.2 Å². The minimum Gasteiger partial charge on any atom is -0.351 e. The maximum Gasteiger partial charge on any atom is 0.252 e. The Balaban J connectivity index is 1.38. The van der Waals surface area contributed by atoms with Gasteiger partial charge in [0.25, 0.3) is 5.91 Å². The zero-order valence-corrected chi connectivity index (χ0v) is 17.3. The molecule has 4 aliphatic carbocycles. The highest BCUT2D eigenvalue weighted by molar-refractivity contribution is 6.33. The molecule has 0 aromatic heterocycles. The second kappa shape index (κ2) is 6.62. The van der Waals surface area contributed by atoms with Gasteiger partial charge in [-0.05, 0) is 85.8 Å². The summed E-state index contributed by atoms with van der Waals surface area (Å²) >= 11 is 6.23. The van der Waals surface area contributed by atoms with Gasteiger partial charge in [0, 0.05) is 6.54 Å². The maximum atomic E-state index is 12.8. The number of carbonyl (C=O) groups is 1. The number of carbonyl (C=O) groups excluding carboxylic acids is 1. The molecule has 0 spiro atoms. The van der Waals surface area contributed by atoms with E-state index >= 15 is 0 Å². The molecular weight excluding hydrogens is 366 g/mol. The van der Waals surface area contributed by atoms with Crippen LogP contribution in [0.1, 0.15) is 60.0 Å². The molecule has 0 aliphatic heterocycles. The predicted octanol–water partition coefficient (Wildman–Crippen LogP) is 5.92. The Morgan fingerprint density at radius 3 is 2.39 bits per heavy atom. The summed E-state index contributed by atoms with van der Waals surface area (Å²) in [5, 5.41) is 3.78.